The molecule has 12 heavy (non-hydrogen) atoms. The van der Waals surface area contributed by atoms with Crippen LogP contribution in [0.15, 0.2) is 0 Å². The Morgan fingerprint density at radius 2 is 1.67 bits per heavy atom. The molecule has 1 aliphatic carbocycles. The topological polar surface area (TPSA) is 66.4 Å². The van der Waals surface area contributed by atoms with Gasteiger partial charge in [-0.1, -0.05) is 19.3 Å². The molecule has 1 saturated carbocycles. The van der Waals surface area contributed by atoms with E-state index in [0.29, 0.717) is 0 Å². The van der Waals surface area contributed by atoms with Gasteiger partial charge in [-0.25, -0.2) is 0 Å². The Labute approximate surface area is 95.3 Å². The fraction of sp³-hybridized carbons (Fsp3) is 1.00. The molecule has 0 amide bonds. The molecule has 0 heterocycles. The molecule has 0 atom stereocenters. The molecule has 0 aromatic heterocycles. The predicted molar refractivity (Wildman–Crippen MR) is 41.6 cm³/mol. The van der Waals surface area contributed by atoms with E-state index >= 15 is 0 Å². The van der Waals surface area contributed by atoms with Gasteiger partial charge in [-0.05, 0) is 12.8 Å². The number of rotatable bonds is 2. The third kappa shape index (κ3) is 5.50. The minimum Gasteiger partial charge on any atom is -0.273 e. The normalized spacial score (nSPS) is 20.1. The summed E-state index contributed by atoms with van der Waals surface area (Å²) in [6, 6.07) is -0.0428. The Morgan fingerprint density at radius 1 is 1.17 bits per heavy atom. The van der Waals surface area contributed by atoms with Gasteiger partial charge in [0, 0.05) is 6.04 Å². The van der Waals surface area contributed by atoms with Crippen LogP contribution in [-0.4, -0.2) is 19.0 Å². The van der Waals surface area contributed by atoms with Crippen LogP contribution < -0.4 is 34.3 Å². The second kappa shape index (κ2) is 5.57. The fourth-order valence-corrected chi connectivity index (χ4v) is 2.09. The van der Waals surface area contributed by atoms with Crippen molar-refractivity contribution < 1.29 is 42.5 Å². The first-order valence-corrected chi connectivity index (χ1v) is 5.27. The van der Waals surface area contributed by atoms with E-state index in [4.69, 9.17) is 4.55 Å². The zero-order valence-electron chi connectivity index (χ0n) is 7.28. The van der Waals surface area contributed by atoms with Crippen LogP contribution in [0, 0.1) is 0 Å². The Bertz CT molecular complexity index is 211. The molecule has 0 unspecified atom stereocenters. The summed E-state index contributed by atoms with van der Waals surface area (Å²) in [5, 5.41) is 0. The van der Waals surface area contributed by atoms with Gasteiger partial charge in [0.1, 0.15) is 0 Å². The minimum absolute atomic E-state index is 0. The van der Waals surface area contributed by atoms with E-state index in [0.717, 1.165) is 25.7 Å². The minimum atomic E-state index is -3.97. The van der Waals surface area contributed by atoms with Crippen molar-refractivity contribution in [2.24, 2.45) is 0 Å². The predicted octanol–water partition coefficient (Wildman–Crippen LogP) is -2.28. The van der Waals surface area contributed by atoms with E-state index in [1.54, 1.807) is 0 Å². The van der Waals surface area contributed by atoms with Gasteiger partial charge in [0.2, 0.25) is 0 Å². The van der Waals surface area contributed by atoms with Gasteiger partial charge >= 0.3 is 39.9 Å². The molecule has 1 fully saturated rings. The van der Waals surface area contributed by atoms with Crippen LogP contribution in [-0.2, 0) is 10.3 Å². The molecule has 0 saturated heterocycles. The van der Waals surface area contributed by atoms with Gasteiger partial charge in [0.05, 0.1) is 0 Å². The smallest absolute Gasteiger partial charge is 0.273 e. The van der Waals surface area contributed by atoms with Crippen molar-refractivity contribution in [3.63, 3.8) is 0 Å². The third-order valence-corrected chi connectivity index (χ3v) is 2.55. The van der Waals surface area contributed by atoms with Gasteiger partial charge in [0.15, 0.2) is 0 Å². The summed E-state index contributed by atoms with van der Waals surface area (Å²) in [7, 11) is -3.97. The molecule has 0 radical (unpaired) electrons. The number of hydrogen-bond donors (Lipinski definition) is 2. The maximum absolute atomic E-state index is 10.3. The molecule has 66 valence electrons. The second-order valence-electron chi connectivity index (χ2n) is 2.93. The summed E-state index contributed by atoms with van der Waals surface area (Å²) in [5.74, 6) is 0. The quantitative estimate of drug-likeness (QED) is 0.391. The third-order valence-electron chi connectivity index (χ3n) is 1.92. The van der Waals surface area contributed by atoms with Gasteiger partial charge in [0.25, 0.3) is 0 Å². The van der Waals surface area contributed by atoms with Crippen LogP contribution in [0.2, 0.25) is 0 Å². The number of nitrogens with one attached hydrogen (secondary N) is 1. The molecular weight excluding hydrogens is 189 g/mol. The van der Waals surface area contributed by atoms with Crippen molar-refractivity contribution in [1.82, 2.24) is 4.72 Å². The van der Waals surface area contributed by atoms with Crippen molar-refractivity contribution >= 4 is 10.3 Å². The van der Waals surface area contributed by atoms with Gasteiger partial charge in [-0.3, -0.25) is 4.55 Å². The first-order chi connectivity index (χ1) is 5.08. The Hall–Kier alpha value is 0.870. The summed E-state index contributed by atoms with van der Waals surface area (Å²) < 4.78 is 31.3. The van der Waals surface area contributed by atoms with E-state index in [1.807, 2.05) is 0 Å². The molecule has 0 aromatic carbocycles. The molecule has 0 aliphatic heterocycles. The largest absolute Gasteiger partial charge is 1.00 e. The number of hydrogen-bond acceptors (Lipinski definition) is 2. The second-order valence-corrected chi connectivity index (χ2v) is 4.11. The van der Waals surface area contributed by atoms with Crippen LogP contribution >= 0.6 is 0 Å². The zero-order valence-corrected chi connectivity index (χ0v) is 10.1. The van der Waals surface area contributed by atoms with Gasteiger partial charge in [-0.2, -0.15) is 13.1 Å². The summed E-state index contributed by atoms with van der Waals surface area (Å²) >= 11 is 0. The average molecular weight is 202 g/mol. The maximum Gasteiger partial charge on any atom is 1.00 e. The summed E-state index contributed by atoms with van der Waals surface area (Å²) in [5.41, 5.74) is 0. The van der Waals surface area contributed by atoms with Crippen LogP contribution in [0.1, 0.15) is 32.1 Å². The molecule has 0 bridgehead atoms. The van der Waals surface area contributed by atoms with Gasteiger partial charge < -0.3 is 0 Å². The first kappa shape index (κ1) is 12.9. The monoisotopic (exact) mass is 202 g/mol. The van der Waals surface area contributed by atoms with E-state index in [2.05, 4.69) is 4.72 Å². The van der Waals surface area contributed by atoms with Crippen LogP contribution in [0.3, 0.4) is 0 Å². The van der Waals surface area contributed by atoms with Crippen molar-refractivity contribution in [3.05, 3.63) is 0 Å². The molecule has 6 heteroatoms. The SMILES string of the molecule is O=S(=O)(O)NC1CCCCC1.[Na+]. The average Bonchev–Trinajstić information content (AvgIpc) is 1.85. The molecule has 1 rings (SSSR count). The fourth-order valence-electron chi connectivity index (χ4n) is 1.43. The van der Waals surface area contributed by atoms with E-state index in [1.165, 1.54) is 6.42 Å². The molecular formula is C6H13NNaO3S+. The Kier molecular flexibility index (Phi) is 5.97. The van der Waals surface area contributed by atoms with Crippen molar-refractivity contribution in [1.29, 1.82) is 0 Å². The van der Waals surface area contributed by atoms with Crippen LogP contribution in [0.25, 0.3) is 0 Å². The van der Waals surface area contributed by atoms with E-state index < -0.39 is 10.3 Å². The zero-order chi connectivity index (χ0) is 8.32. The van der Waals surface area contributed by atoms with Crippen molar-refractivity contribution in [3.8, 4) is 0 Å². The van der Waals surface area contributed by atoms with Crippen molar-refractivity contribution in [2.45, 2.75) is 38.1 Å². The standard InChI is InChI=1S/C6H13NO3S.Na/c8-11(9,10)7-6-4-2-1-3-5-6;/h6-7H,1-5H2,(H,8,9,10);/q;+1. The van der Waals surface area contributed by atoms with E-state index in [9.17, 15) is 8.42 Å². The van der Waals surface area contributed by atoms with E-state index in [-0.39, 0.29) is 35.6 Å². The molecule has 2 N–H and O–H groups in total. The van der Waals surface area contributed by atoms with Crippen LogP contribution in [0.4, 0.5) is 0 Å². The first-order valence-electron chi connectivity index (χ1n) is 3.83. The van der Waals surface area contributed by atoms with Gasteiger partial charge in [-0.15, -0.1) is 0 Å². The molecule has 0 spiro atoms. The summed E-state index contributed by atoms with van der Waals surface area (Å²) in [6.07, 6.45) is 4.96. The van der Waals surface area contributed by atoms with Crippen molar-refractivity contribution in [2.75, 3.05) is 0 Å². The Balaban J connectivity index is 0.00000121. The molecule has 0 aromatic rings. The van der Waals surface area contributed by atoms with Crippen LogP contribution in [0.5, 0.6) is 0 Å². The Morgan fingerprint density at radius 3 is 2.08 bits per heavy atom. The summed E-state index contributed by atoms with van der Waals surface area (Å²) in [6.45, 7) is 0. The maximum atomic E-state index is 10.3. The summed E-state index contributed by atoms with van der Waals surface area (Å²) in [4.78, 5) is 0. The molecule has 1 aliphatic rings. The molecule has 4 nitrogen and oxygen atoms in total.